The molecule has 0 saturated heterocycles. The van der Waals surface area contributed by atoms with Crippen molar-refractivity contribution in [3.8, 4) is 5.69 Å². The highest BCUT2D eigenvalue weighted by atomic mass is 79.9. The number of hydrogen-bond donors (Lipinski definition) is 1. The van der Waals surface area contributed by atoms with Crippen LogP contribution in [-0.4, -0.2) is 15.6 Å². The lowest BCUT2D eigenvalue weighted by Crippen LogP contribution is -2.06. The van der Waals surface area contributed by atoms with Gasteiger partial charge in [0.05, 0.1) is 5.56 Å². The van der Waals surface area contributed by atoms with Gasteiger partial charge in [-0.15, -0.1) is 0 Å². The van der Waals surface area contributed by atoms with E-state index in [1.165, 1.54) is 5.56 Å². The molecule has 1 heterocycles. The maximum Gasteiger partial charge on any atom is 0.337 e. The zero-order chi connectivity index (χ0) is 15.0. The van der Waals surface area contributed by atoms with Gasteiger partial charge in [-0.25, -0.2) is 4.79 Å². The molecular weight excluding hydrogens is 318 g/mol. The van der Waals surface area contributed by atoms with E-state index in [9.17, 15) is 9.90 Å². The van der Waals surface area contributed by atoms with Gasteiger partial charge in [-0.05, 0) is 49.6 Å². The zero-order valence-corrected chi connectivity index (χ0v) is 13.7. The Morgan fingerprint density at radius 1 is 1.25 bits per heavy atom. The number of aromatic carboxylic acids is 1. The molecule has 0 bridgehead atoms. The van der Waals surface area contributed by atoms with Crippen LogP contribution in [0.5, 0.6) is 0 Å². The lowest BCUT2D eigenvalue weighted by molar-refractivity contribution is 0.0696. The molecule has 0 saturated carbocycles. The largest absolute Gasteiger partial charge is 0.478 e. The average molecular weight is 336 g/mol. The fourth-order valence-electron chi connectivity index (χ4n) is 2.54. The van der Waals surface area contributed by atoms with E-state index in [2.05, 4.69) is 35.8 Å². The number of nitrogens with zero attached hydrogens (tertiary/aromatic N) is 1. The van der Waals surface area contributed by atoms with Gasteiger partial charge in [-0.2, -0.15) is 0 Å². The van der Waals surface area contributed by atoms with Crippen LogP contribution in [0.4, 0.5) is 0 Å². The van der Waals surface area contributed by atoms with Crippen LogP contribution in [0.1, 0.15) is 47.1 Å². The number of rotatable bonds is 3. The molecule has 106 valence electrons. The summed E-state index contributed by atoms with van der Waals surface area (Å²) in [6, 6.07) is 7.84. The zero-order valence-electron chi connectivity index (χ0n) is 12.1. The predicted octanol–water partition coefficient (Wildman–Crippen LogP) is 4.68. The number of carboxylic acids is 1. The first-order chi connectivity index (χ1) is 9.32. The van der Waals surface area contributed by atoms with Crippen molar-refractivity contribution in [1.29, 1.82) is 0 Å². The van der Waals surface area contributed by atoms with Crippen molar-refractivity contribution in [2.24, 2.45) is 0 Å². The lowest BCUT2D eigenvalue weighted by atomic mass is 10.0. The first kappa shape index (κ1) is 14.9. The molecule has 0 aliphatic carbocycles. The number of aryl methyl sites for hydroxylation is 1. The molecule has 4 heteroatoms. The third kappa shape index (κ3) is 2.52. The molecule has 20 heavy (non-hydrogen) atoms. The van der Waals surface area contributed by atoms with Crippen molar-refractivity contribution >= 4 is 21.9 Å². The molecule has 1 aromatic heterocycles. The first-order valence-corrected chi connectivity index (χ1v) is 7.34. The van der Waals surface area contributed by atoms with E-state index in [1.54, 1.807) is 6.07 Å². The van der Waals surface area contributed by atoms with Crippen LogP contribution in [0, 0.1) is 13.8 Å². The van der Waals surface area contributed by atoms with Crippen molar-refractivity contribution < 1.29 is 9.90 Å². The molecule has 2 aromatic rings. The van der Waals surface area contributed by atoms with E-state index in [-0.39, 0.29) is 0 Å². The second-order valence-electron chi connectivity index (χ2n) is 5.28. The van der Waals surface area contributed by atoms with Crippen molar-refractivity contribution in [2.75, 3.05) is 0 Å². The van der Waals surface area contributed by atoms with Crippen molar-refractivity contribution in [3.05, 3.63) is 51.3 Å². The van der Waals surface area contributed by atoms with Crippen LogP contribution in [0.3, 0.4) is 0 Å². The summed E-state index contributed by atoms with van der Waals surface area (Å²) in [6.07, 6.45) is 0. The second kappa shape index (κ2) is 5.44. The van der Waals surface area contributed by atoms with Crippen LogP contribution < -0.4 is 0 Å². The van der Waals surface area contributed by atoms with E-state index in [1.807, 2.05) is 30.5 Å². The highest BCUT2D eigenvalue weighted by molar-refractivity contribution is 9.10. The van der Waals surface area contributed by atoms with E-state index in [0.717, 1.165) is 21.5 Å². The van der Waals surface area contributed by atoms with Crippen LogP contribution >= 0.6 is 15.9 Å². The normalized spacial score (nSPS) is 11.1. The molecule has 1 aromatic carbocycles. The summed E-state index contributed by atoms with van der Waals surface area (Å²) < 4.78 is 3.05. The Kier molecular flexibility index (Phi) is 4.04. The van der Waals surface area contributed by atoms with Gasteiger partial charge in [0.2, 0.25) is 0 Å². The van der Waals surface area contributed by atoms with Gasteiger partial charge in [-0.3, -0.25) is 0 Å². The number of aromatic nitrogens is 1. The smallest absolute Gasteiger partial charge is 0.337 e. The fraction of sp³-hybridized carbons (Fsp3) is 0.312. The molecule has 0 radical (unpaired) electrons. The molecule has 3 nitrogen and oxygen atoms in total. The van der Waals surface area contributed by atoms with Crippen molar-refractivity contribution in [3.63, 3.8) is 0 Å². The minimum Gasteiger partial charge on any atom is -0.478 e. The molecule has 0 spiro atoms. The maximum atomic E-state index is 11.3. The number of carboxylic acid groups (broad SMARTS) is 1. The Balaban J connectivity index is 2.72. The van der Waals surface area contributed by atoms with Gasteiger partial charge in [0, 0.05) is 21.5 Å². The van der Waals surface area contributed by atoms with E-state index in [4.69, 9.17) is 0 Å². The Labute approximate surface area is 127 Å². The molecule has 2 rings (SSSR count). The summed E-state index contributed by atoms with van der Waals surface area (Å²) in [6.45, 7) is 8.06. The Morgan fingerprint density at radius 2 is 1.90 bits per heavy atom. The average Bonchev–Trinajstić information content (AvgIpc) is 2.65. The summed E-state index contributed by atoms with van der Waals surface area (Å²) in [5.74, 6) is -0.524. The Hall–Kier alpha value is -1.55. The molecule has 0 unspecified atom stereocenters. The van der Waals surface area contributed by atoms with Crippen LogP contribution in [-0.2, 0) is 0 Å². The molecule has 0 fully saturated rings. The monoisotopic (exact) mass is 335 g/mol. The number of hydrogen-bond acceptors (Lipinski definition) is 1. The van der Waals surface area contributed by atoms with Gasteiger partial charge in [-0.1, -0.05) is 29.8 Å². The van der Waals surface area contributed by atoms with Gasteiger partial charge in [0.15, 0.2) is 0 Å². The molecular formula is C16H18BrNO2. The summed E-state index contributed by atoms with van der Waals surface area (Å²) >= 11 is 3.50. The van der Waals surface area contributed by atoms with Crippen LogP contribution in [0.25, 0.3) is 5.69 Å². The molecule has 0 aliphatic rings. The van der Waals surface area contributed by atoms with Gasteiger partial charge < -0.3 is 9.67 Å². The second-order valence-corrected chi connectivity index (χ2v) is 6.20. The molecule has 0 amide bonds. The Morgan fingerprint density at radius 3 is 2.40 bits per heavy atom. The number of benzene rings is 1. The molecule has 0 atom stereocenters. The van der Waals surface area contributed by atoms with Crippen LogP contribution in [0.15, 0.2) is 28.7 Å². The van der Waals surface area contributed by atoms with E-state index < -0.39 is 5.97 Å². The lowest BCUT2D eigenvalue weighted by Gasteiger charge is -2.17. The Bertz CT molecular complexity index is 671. The van der Waals surface area contributed by atoms with Crippen molar-refractivity contribution in [1.82, 2.24) is 4.57 Å². The van der Waals surface area contributed by atoms with Crippen LogP contribution in [0.2, 0.25) is 0 Å². The molecule has 1 N–H and O–H groups in total. The van der Waals surface area contributed by atoms with Gasteiger partial charge >= 0.3 is 5.97 Å². The predicted molar refractivity (Wildman–Crippen MR) is 84.0 cm³/mol. The van der Waals surface area contributed by atoms with E-state index in [0.29, 0.717) is 11.5 Å². The standard InChI is InChI=1S/C16H18BrNO2/c1-9(2)13-8-12(17)5-6-15(13)18-10(3)7-14(11(18)4)16(19)20/h5-9H,1-4H3,(H,19,20). The highest BCUT2D eigenvalue weighted by Gasteiger charge is 2.18. The number of halogens is 1. The van der Waals surface area contributed by atoms with Crippen molar-refractivity contribution in [2.45, 2.75) is 33.6 Å². The molecule has 0 aliphatic heterocycles. The van der Waals surface area contributed by atoms with E-state index >= 15 is 0 Å². The summed E-state index contributed by atoms with van der Waals surface area (Å²) in [5, 5.41) is 9.25. The highest BCUT2D eigenvalue weighted by Crippen LogP contribution is 2.30. The summed E-state index contributed by atoms with van der Waals surface area (Å²) in [7, 11) is 0. The minimum absolute atomic E-state index is 0.358. The SMILES string of the molecule is Cc1cc(C(=O)O)c(C)n1-c1ccc(Br)cc1C(C)C. The number of carbonyl (C=O) groups is 1. The minimum atomic E-state index is -0.882. The quantitative estimate of drug-likeness (QED) is 0.884. The third-order valence-corrected chi connectivity index (χ3v) is 4.01. The van der Waals surface area contributed by atoms with Gasteiger partial charge in [0.1, 0.15) is 0 Å². The summed E-state index contributed by atoms with van der Waals surface area (Å²) in [5.41, 5.74) is 4.30. The fourth-order valence-corrected chi connectivity index (χ4v) is 2.92. The summed E-state index contributed by atoms with van der Waals surface area (Å²) in [4.78, 5) is 11.3. The third-order valence-electron chi connectivity index (χ3n) is 3.51. The van der Waals surface area contributed by atoms with Gasteiger partial charge in [0.25, 0.3) is 0 Å². The maximum absolute atomic E-state index is 11.3. The topological polar surface area (TPSA) is 42.2 Å². The first-order valence-electron chi connectivity index (χ1n) is 6.55.